The Hall–Kier alpha value is -2.24. The summed E-state index contributed by atoms with van der Waals surface area (Å²) >= 11 is 1.63. The van der Waals surface area contributed by atoms with Crippen molar-refractivity contribution in [1.82, 2.24) is 10.3 Å². The van der Waals surface area contributed by atoms with E-state index in [1.54, 1.807) is 11.3 Å². The molecule has 2 unspecified atom stereocenters. The normalized spacial score (nSPS) is 19.4. The second kappa shape index (κ2) is 6.34. The van der Waals surface area contributed by atoms with Gasteiger partial charge in [-0.2, -0.15) is 0 Å². The first-order chi connectivity index (χ1) is 11.7. The van der Waals surface area contributed by atoms with Crippen LogP contribution in [0.2, 0.25) is 0 Å². The van der Waals surface area contributed by atoms with Gasteiger partial charge in [0.25, 0.3) is 0 Å². The van der Waals surface area contributed by atoms with Gasteiger partial charge in [-0.15, -0.1) is 11.3 Å². The molecule has 1 aliphatic rings. The molecule has 3 aromatic rings. The second-order valence-corrected chi connectivity index (χ2v) is 7.21. The van der Waals surface area contributed by atoms with Crippen LogP contribution in [0.25, 0.3) is 10.2 Å². The predicted molar refractivity (Wildman–Crippen MR) is 95.0 cm³/mol. The van der Waals surface area contributed by atoms with Crippen LogP contribution < -0.4 is 5.32 Å². The number of fused-ring (bicyclic) bond motifs is 2. The van der Waals surface area contributed by atoms with Crippen molar-refractivity contribution in [1.29, 1.82) is 0 Å². The SMILES string of the molecule is O=C(CCc1nc2ccccc2s1)NC1c2ccccc2CC1O. The third kappa shape index (κ3) is 2.92. The second-order valence-electron chi connectivity index (χ2n) is 6.09. The molecule has 2 aromatic carbocycles. The molecule has 4 nitrogen and oxygen atoms in total. The van der Waals surface area contributed by atoms with Crippen LogP contribution in [-0.2, 0) is 17.6 Å². The number of aliphatic hydroxyl groups excluding tert-OH is 1. The maximum Gasteiger partial charge on any atom is 0.220 e. The number of nitrogens with zero attached hydrogens (tertiary/aromatic N) is 1. The van der Waals surface area contributed by atoms with Crippen molar-refractivity contribution in [3.05, 3.63) is 64.7 Å². The van der Waals surface area contributed by atoms with Crippen molar-refractivity contribution in [3.63, 3.8) is 0 Å². The lowest BCUT2D eigenvalue weighted by molar-refractivity contribution is -0.122. The highest BCUT2D eigenvalue weighted by atomic mass is 32.1. The van der Waals surface area contributed by atoms with E-state index in [-0.39, 0.29) is 11.9 Å². The van der Waals surface area contributed by atoms with Gasteiger partial charge in [-0.3, -0.25) is 4.79 Å². The Morgan fingerprint density at radius 3 is 2.88 bits per heavy atom. The predicted octanol–water partition coefficient (Wildman–Crippen LogP) is 3.00. The number of aliphatic hydroxyl groups is 1. The third-order valence-corrected chi connectivity index (χ3v) is 5.52. The van der Waals surface area contributed by atoms with E-state index in [0.29, 0.717) is 19.3 Å². The van der Waals surface area contributed by atoms with Crippen LogP contribution in [-0.4, -0.2) is 22.1 Å². The highest BCUT2D eigenvalue weighted by Crippen LogP contribution is 2.31. The molecule has 1 amide bonds. The molecule has 0 radical (unpaired) electrons. The number of amides is 1. The summed E-state index contributed by atoms with van der Waals surface area (Å²) < 4.78 is 1.15. The number of benzene rings is 2. The molecular weight excluding hydrogens is 320 g/mol. The minimum absolute atomic E-state index is 0.0463. The first kappa shape index (κ1) is 15.3. The summed E-state index contributed by atoms with van der Waals surface area (Å²) in [5.41, 5.74) is 3.12. The number of aromatic nitrogens is 1. The van der Waals surface area contributed by atoms with Crippen LogP contribution >= 0.6 is 11.3 Å². The number of nitrogens with one attached hydrogen (secondary N) is 1. The van der Waals surface area contributed by atoms with E-state index in [4.69, 9.17) is 0 Å². The average Bonchev–Trinajstić information content (AvgIpc) is 3.14. The molecule has 0 fully saturated rings. The first-order valence-corrected chi connectivity index (χ1v) is 8.92. The number of thiazole rings is 1. The number of carbonyl (C=O) groups excluding carboxylic acids is 1. The zero-order chi connectivity index (χ0) is 16.5. The van der Waals surface area contributed by atoms with Gasteiger partial charge >= 0.3 is 0 Å². The Kier molecular flexibility index (Phi) is 4.04. The largest absolute Gasteiger partial charge is 0.390 e. The molecule has 1 aliphatic carbocycles. The minimum atomic E-state index is -0.547. The van der Waals surface area contributed by atoms with Gasteiger partial charge in [0.2, 0.25) is 5.91 Å². The van der Waals surface area contributed by atoms with Gasteiger partial charge < -0.3 is 10.4 Å². The van der Waals surface area contributed by atoms with Crippen LogP contribution in [0.3, 0.4) is 0 Å². The average molecular weight is 338 g/mol. The van der Waals surface area contributed by atoms with Gasteiger partial charge in [0.15, 0.2) is 0 Å². The standard InChI is InChI=1S/C19H18N2O2S/c22-15-11-12-5-1-2-6-13(12)19(15)21-17(23)9-10-18-20-14-7-3-4-8-16(14)24-18/h1-8,15,19,22H,9-11H2,(H,21,23). The molecule has 0 saturated heterocycles. The van der Waals surface area contributed by atoms with E-state index in [9.17, 15) is 9.90 Å². The van der Waals surface area contributed by atoms with Crippen LogP contribution in [0.4, 0.5) is 0 Å². The van der Waals surface area contributed by atoms with Crippen molar-refractivity contribution >= 4 is 27.5 Å². The lowest BCUT2D eigenvalue weighted by Crippen LogP contribution is -2.33. The molecule has 24 heavy (non-hydrogen) atoms. The number of hydrogen-bond donors (Lipinski definition) is 2. The highest BCUT2D eigenvalue weighted by Gasteiger charge is 2.31. The number of aryl methyl sites for hydroxylation is 1. The van der Waals surface area contributed by atoms with Gasteiger partial charge in [0, 0.05) is 19.3 Å². The van der Waals surface area contributed by atoms with Gasteiger partial charge in [-0.1, -0.05) is 36.4 Å². The molecule has 0 spiro atoms. The molecule has 0 saturated carbocycles. The van der Waals surface area contributed by atoms with Crippen molar-refractivity contribution < 1.29 is 9.90 Å². The van der Waals surface area contributed by atoms with Gasteiger partial charge in [0.1, 0.15) is 0 Å². The topological polar surface area (TPSA) is 62.2 Å². The molecule has 1 aromatic heterocycles. The van der Waals surface area contributed by atoms with Crippen molar-refractivity contribution in [3.8, 4) is 0 Å². The molecular formula is C19H18N2O2S. The fourth-order valence-corrected chi connectivity index (χ4v) is 4.21. The summed E-state index contributed by atoms with van der Waals surface area (Å²) in [6, 6.07) is 15.6. The van der Waals surface area contributed by atoms with E-state index < -0.39 is 6.10 Å². The molecule has 2 N–H and O–H groups in total. The molecule has 5 heteroatoms. The van der Waals surface area contributed by atoms with E-state index in [2.05, 4.69) is 10.3 Å². The Bertz CT molecular complexity index is 857. The number of rotatable bonds is 4. The Morgan fingerprint density at radius 2 is 2.00 bits per heavy atom. The molecule has 2 atom stereocenters. The number of para-hydroxylation sites is 1. The fraction of sp³-hybridized carbons (Fsp3) is 0.263. The Morgan fingerprint density at radius 1 is 1.21 bits per heavy atom. The molecule has 122 valence electrons. The van der Waals surface area contributed by atoms with E-state index in [1.165, 1.54) is 0 Å². The monoisotopic (exact) mass is 338 g/mol. The molecule has 0 bridgehead atoms. The van der Waals surface area contributed by atoms with Gasteiger partial charge in [-0.25, -0.2) is 4.98 Å². The lowest BCUT2D eigenvalue weighted by Gasteiger charge is -2.17. The lowest BCUT2D eigenvalue weighted by atomic mass is 10.1. The van der Waals surface area contributed by atoms with Crippen LogP contribution in [0.1, 0.15) is 28.6 Å². The summed E-state index contributed by atoms with van der Waals surface area (Å²) in [5, 5.41) is 14.2. The zero-order valence-corrected chi connectivity index (χ0v) is 13.9. The maximum absolute atomic E-state index is 12.3. The molecule has 4 rings (SSSR count). The highest BCUT2D eigenvalue weighted by molar-refractivity contribution is 7.18. The summed E-state index contributed by atoms with van der Waals surface area (Å²) in [7, 11) is 0. The maximum atomic E-state index is 12.3. The van der Waals surface area contributed by atoms with Crippen molar-refractivity contribution in [2.75, 3.05) is 0 Å². The van der Waals surface area contributed by atoms with Crippen molar-refractivity contribution in [2.45, 2.75) is 31.4 Å². The summed E-state index contributed by atoms with van der Waals surface area (Å²) in [6.45, 7) is 0. The van der Waals surface area contributed by atoms with E-state index in [1.807, 2.05) is 48.5 Å². The summed E-state index contributed by atoms with van der Waals surface area (Å²) in [4.78, 5) is 16.9. The Balaban J connectivity index is 1.40. The first-order valence-electron chi connectivity index (χ1n) is 8.10. The van der Waals surface area contributed by atoms with Crippen molar-refractivity contribution in [2.24, 2.45) is 0 Å². The molecule has 0 aliphatic heterocycles. The van der Waals surface area contributed by atoms with Crippen LogP contribution in [0, 0.1) is 0 Å². The third-order valence-electron chi connectivity index (χ3n) is 4.42. The smallest absolute Gasteiger partial charge is 0.220 e. The minimum Gasteiger partial charge on any atom is -0.390 e. The van der Waals surface area contributed by atoms with Crippen LogP contribution in [0.5, 0.6) is 0 Å². The van der Waals surface area contributed by atoms with Gasteiger partial charge in [0.05, 0.1) is 27.4 Å². The fourth-order valence-electron chi connectivity index (χ4n) is 3.24. The zero-order valence-electron chi connectivity index (χ0n) is 13.1. The Labute approximate surface area is 144 Å². The number of hydrogen-bond acceptors (Lipinski definition) is 4. The summed E-state index contributed by atoms with van der Waals surface area (Å²) in [5.74, 6) is -0.0463. The summed E-state index contributed by atoms with van der Waals surface area (Å²) in [6.07, 6.45) is 1.05. The quantitative estimate of drug-likeness (QED) is 0.769. The van der Waals surface area contributed by atoms with E-state index in [0.717, 1.165) is 26.4 Å². The van der Waals surface area contributed by atoms with E-state index >= 15 is 0 Å². The number of carbonyl (C=O) groups is 1. The molecule has 1 heterocycles. The van der Waals surface area contributed by atoms with Gasteiger partial charge in [-0.05, 0) is 23.3 Å². The van der Waals surface area contributed by atoms with Crippen LogP contribution in [0.15, 0.2) is 48.5 Å².